The Labute approximate surface area is 182 Å². The zero-order valence-electron chi connectivity index (χ0n) is 17.5. The van der Waals surface area contributed by atoms with Crippen LogP contribution in [0.25, 0.3) is 0 Å². The summed E-state index contributed by atoms with van der Waals surface area (Å²) in [4.78, 5) is 15.8. The number of methoxy groups -OCH3 is 2. The van der Waals surface area contributed by atoms with Crippen LogP contribution in [0.4, 0.5) is 0 Å². The molecule has 8 heteroatoms. The van der Waals surface area contributed by atoms with E-state index in [2.05, 4.69) is 16.9 Å². The minimum Gasteiger partial charge on any atom is -0.503 e. The number of rotatable bonds is 9. The molecule has 0 saturated carbocycles. The van der Waals surface area contributed by atoms with E-state index in [0.29, 0.717) is 0 Å². The molecule has 1 unspecified atom stereocenters. The van der Waals surface area contributed by atoms with E-state index in [1.54, 1.807) is 13.2 Å². The van der Waals surface area contributed by atoms with Crippen LogP contribution in [0.5, 0.6) is 17.2 Å². The molecule has 1 aromatic carbocycles. The van der Waals surface area contributed by atoms with Crippen molar-refractivity contribution in [1.29, 1.82) is 0 Å². The molecule has 0 radical (unpaired) electrons. The first-order valence-electron chi connectivity index (χ1n) is 9.32. The maximum Gasteiger partial charge on any atom is 0.325 e. The van der Waals surface area contributed by atoms with Crippen LogP contribution in [0, 0.1) is 0 Å². The normalized spacial score (nSPS) is 10.6. The fourth-order valence-corrected chi connectivity index (χ4v) is 2.46. The summed E-state index contributed by atoms with van der Waals surface area (Å²) in [7, 11) is 3.09. The van der Waals surface area contributed by atoms with Gasteiger partial charge in [-0.25, -0.2) is 4.98 Å². The zero-order chi connectivity index (χ0) is 22.4. The quantitative estimate of drug-likeness (QED) is 0.353. The molecular weight excluding hydrogens is 404 g/mol. The van der Waals surface area contributed by atoms with Crippen molar-refractivity contribution < 1.29 is 24.1 Å². The molecule has 2 aromatic rings. The summed E-state index contributed by atoms with van der Waals surface area (Å²) >= 11 is 5.11. The molecule has 1 heterocycles. The Morgan fingerprint density at radius 3 is 2.53 bits per heavy atom. The predicted molar refractivity (Wildman–Crippen MR) is 120 cm³/mol. The van der Waals surface area contributed by atoms with Crippen molar-refractivity contribution in [1.82, 2.24) is 10.3 Å². The van der Waals surface area contributed by atoms with Crippen LogP contribution in [0.15, 0.2) is 55.3 Å². The van der Waals surface area contributed by atoms with Crippen molar-refractivity contribution >= 4 is 23.2 Å². The SMILES string of the molecule is C=CCCC(C)OC(=O)CNC(=S)c1nccc(OC)c1O.COc1ccccc1. The van der Waals surface area contributed by atoms with Gasteiger partial charge in [0.05, 0.1) is 20.3 Å². The Hall–Kier alpha value is -3.13. The standard InChI is InChI=1S/C15H20N2O4S.C7H8O/c1-4-5-6-10(2)21-12(18)9-17-15(22)13-14(19)11(20-3)7-8-16-13;1-8-7-5-3-2-4-6-7/h4,7-8,10,19H,1,5-6,9H2,2-3H3,(H,17,22);2-6H,1H3. The number of aromatic hydroxyl groups is 1. The van der Waals surface area contributed by atoms with E-state index in [4.69, 9.17) is 26.4 Å². The van der Waals surface area contributed by atoms with Crippen LogP contribution < -0.4 is 14.8 Å². The number of pyridine rings is 1. The minimum atomic E-state index is -0.429. The van der Waals surface area contributed by atoms with Crippen molar-refractivity contribution in [2.24, 2.45) is 0 Å². The highest BCUT2D eigenvalue weighted by Gasteiger charge is 2.15. The number of thiocarbonyl (C=S) groups is 1. The highest BCUT2D eigenvalue weighted by atomic mass is 32.1. The molecule has 0 aliphatic rings. The Kier molecular flexibility index (Phi) is 11.6. The van der Waals surface area contributed by atoms with E-state index in [-0.39, 0.29) is 34.8 Å². The number of carbonyl (C=O) groups excluding carboxylic acids is 1. The molecular formula is C22H28N2O5S. The minimum absolute atomic E-state index is 0.102. The number of nitrogens with one attached hydrogen (secondary N) is 1. The van der Waals surface area contributed by atoms with Crippen molar-refractivity contribution in [3.8, 4) is 17.2 Å². The number of benzene rings is 1. The van der Waals surface area contributed by atoms with Crippen LogP contribution in [0.2, 0.25) is 0 Å². The van der Waals surface area contributed by atoms with Crippen molar-refractivity contribution in [2.75, 3.05) is 20.8 Å². The van der Waals surface area contributed by atoms with Gasteiger partial charge in [0.25, 0.3) is 0 Å². The fourth-order valence-electron chi connectivity index (χ4n) is 2.24. The number of ether oxygens (including phenoxy) is 3. The van der Waals surface area contributed by atoms with E-state index >= 15 is 0 Å². The molecule has 162 valence electrons. The molecule has 7 nitrogen and oxygen atoms in total. The topological polar surface area (TPSA) is 89.9 Å². The van der Waals surface area contributed by atoms with Gasteiger partial charge in [-0.15, -0.1) is 6.58 Å². The number of hydrogen-bond donors (Lipinski definition) is 2. The van der Waals surface area contributed by atoms with Gasteiger partial charge < -0.3 is 24.6 Å². The second-order valence-corrected chi connectivity index (χ2v) is 6.49. The Balaban J connectivity index is 0.000000467. The molecule has 0 aliphatic carbocycles. The average Bonchev–Trinajstić information content (AvgIpc) is 2.77. The van der Waals surface area contributed by atoms with Crippen molar-refractivity contribution in [2.45, 2.75) is 25.9 Å². The number of nitrogens with zero attached hydrogens (tertiary/aromatic N) is 1. The molecule has 2 N–H and O–H groups in total. The Morgan fingerprint density at radius 2 is 1.97 bits per heavy atom. The first-order chi connectivity index (χ1) is 14.4. The van der Waals surface area contributed by atoms with Gasteiger partial charge in [0.15, 0.2) is 11.5 Å². The van der Waals surface area contributed by atoms with Gasteiger partial charge in [-0.05, 0) is 31.9 Å². The van der Waals surface area contributed by atoms with E-state index in [0.717, 1.165) is 18.6 Å². The van der Waals surface area contributed by atoms with E-state index in [1.807, 2.05) is 37.3 Å². The lowest BCUT2D eigenvalue weighted by Crippen LogP contribution is -2.32. The lowest BCUT2D eigenvalue weighted by Gasteiger charge is -2.14. The van der Waals surface area contributed by atoms with Crippen LogP contribution in [-0.4, -0.2) is 47.9 Å². The second kappa shape index (κ2) is 13.9. The van der Waals surface area contributed by atoms with Gasteiger partial charge in [0.2, 0.25) is 0 Å². The molecule has 1 aromatic heterocycles. The lowest BCUT2D eigenvalue weighted by molar-refractivity contribution is -0.147. The molecule has 0 fully saturated rings. The maximum atomic E-state index is 11.7. The largest absolute Gasteiger partial charge is 0.503 e. The van der Waals surface area contributed by atoms with Crippen LogP contribution >= 0.6 is 12.2 Å². The lowest BCUT2D eigenvalue weighted by atomic mass is 10.2. The molecule has 0 bridgehead atoms. The summed E-state index contributed by atoms with van der Waals surface area (Å²) in [6, 6.07) is 11.2. The van der Waals surface area contributed by atoms with Gasteiger partial charge in [-0.1, -0.05) is 36.5 Å². The molecule has 0 aliphatic heterocycles. The van der Waals surface area contributed by atoms with Gasteiger partial charge in [0.1, 0.15) is 23.0 Å². The highest BCUT2D eigenvalue weighted by molar-refractivity contribution is 7.80. The number of aromatic nitrogens is 1. The van der Waals surface area contributed by atoms with E-state index in [1.165, 1.54) is 19.4 Å². The molecule has 0 amide bonds. The van der Waals surface area contributed by atoms with Crippen LogP contribution in [0.3, 0.4) is 0 Å². The smallest absolute Gasteiger partial charge is 0.325 e. The predicted octanol–water partition coefficient (Wildman–Crippen LogP) is 3.65. The highest BCUT2D eigenvalue weighted by Crippen LogP contribution is 2.27. The third kappa shape index (κ3) is 8.91. The van der Waals surface area contributed by atoms with Gasteiger partial charge >= 0.3 is 5.97 Å². The summed E-state index contributed by atoms with van der Waals surface area (Å²) in [5, 5.41) is 12.6. The number of esters is 1. The van der Waals surface area contributed by atoms with Crippen molar-refractivity contribution in [3.05, 3.63) is 60.9 Å². The third-order valence-corrected chi connectivity index (χ3v) is 4.14. The average molecular weight is 433 g/mol. The van der Waals surface area contributed by atoms with Crippen LogP contribution in [-0.2, 0) is 9.53 Å². The summed E-state index contributed by atoms with van der Waals surface area (Å²) in [6.07, 6.45) is 4.54. The Bertz CT molecular complexity index is 814. The zero-order valence-corrected chi connectivity index (χ0v) is 18.3. The Morgan fingerprint density at radius 1 is 1.27 bits per heavy atom. The summed E-state index contributed by atoms with van der Waals surface area (Å²) in [5.41, 5.74) is 0.154. The molecule has 0 spiro atoms. The molecule has 30 heavy (non-hydrogen) atoms. The first-order valence-corrected chi connectivity index (χ1v) is 9.73. The monoisotopic (exact) mass is 432 g/mol. The summed E-state index contributed by atoms with van der Waals surface area (Å²) in [6.45, 7) is 5.33. The van der Waals surface area contributed by atoms with Crippen molar-refractivity contribution in [3.63, 3.8) is 0 Å². The van der Waals surface area contributed by atoms with Gasteiger partial charge in [-0.3, -0.25) is 4.79 Å². The number of hydrogen-bond acceptors (Lipinski definition) is 7. The van der Waals surface area contributed by atoms with E-state index in [9.17, 15) is 9.90 Å². The number of carbonyl (C=O) groups is 1. The van der Waals surface area contributed by atoms with Crippen LogP contribution in [0.1, 0.15) is 25.5 Å². The molecule has 1 atom stereocenters. The number of allylic oxidation sites excluding steroid dienone is 1. The summed E-state index contributed by atoms with van der Waals surface area (Å²) in [5.74, 6) is 0.568. The third-order valence-electron chi connectivity index (χ3n) is 3.80. The number of para-hydroxylation sites is 1. The summed E-state index contributed by atoms with van der Waals surface area (Å²) < 4.78 is 15.1. The molecule has 0 saturated heterocycles. The maximum absolute atomic E-state index is 11.7. The van der Waals surface area contributed by atoms with Gasteiger partial charge in [0, 0.05) is 12.3 Å². The van der Waals surface area contributed by atoms with Gasteiger partial charge in [-0.2, -0.15) is 0 Å². The van der Waals surface area contributed by atoms with E-state index < -0.39 is 5.97 Å². The fraction of sp³-hybridized carbons (Fsp3) is 0.318. The molecule has 2 rings (SSSR count). The first kappa shape index (κ1) is 24.9. The second-order valence-electron chi connectivity index (χ2n) is 6.08.